The molecule has 0 aromatic heterocycles. The van der Waals surface area contributed by atoms with Gasteiger partial charge in [0.1, 0.15) is 11.4 Å². The van der Waals surface area contributed by atoms with Crippen LogP contribution in [0.2, 0.25) is 0 Å². The van der Waals surface area contributed by atoms with Crippen LogP contribution >= 0.6 is 0 Å². The minimum Gasteiger partial charge on any atom is -0.487 e. The van der Waals surface area contributed by atoms with Gasteiger partial charge in [0, 0.05) is 38.8 Å². The number of ether oxygens (including phenoxy) is 3. The van der Waals surface area contributed by atoms with E-state index in [-0.39, 0.29) is 11.6 Å². The molecule has 6 nitrogen and oxygen atoms in total. The molecule has 1 aromatic carbocycles. The molecule has 0 radical (unpaired) electrons. The summed E-state index contributed by atoms with van der Waals surface area (Å²) in [6.07, 6.45) is 2.89. The van der Waals surface area contributed by atoms with Gasteiger partial charge in [-0.2, -0.15) is 0 Å². The van der Waals surface area contributed by atoms with Gasteiger partial charge in [0.2, 0.25) is 0 Å². The molecule has 1 aromatic rings. The van der Waals surface area contributed by atoms with Gasteiger partial charge in [0.05, 0.1) is 19.3 Å². The van der Waals surface area contributed by atoms with Crippen LogP contribution in [0.4, 0.5) is 0 Å². The highest BCUT2D eigenvalue weighted by atomic mass is 16.5. The monoisotopic (exact) mass is 377 g/mol. The van der Waals surface area contributed by atoms with E-state index in [1.165, 1.54) is 5.56 Å². The van der Waals surface area contributed by atoms with Crippen molar-refractivity contribution in [1.29, 1.82) is 0 Å². The fourth-order valence-corrected chi connectivity index (χ4v) is 3.17. The third-order valence-corrected chi connectivity index (χ3v) is 4.43. The topological polar surface area (TPSA) is 64.1 Å². The molecule has 0 spiro atoms. The Morgan fingerprint density at radius 2 is 2.04 bits per heavy atom. The number of aliphatic imine (C=N–C) groups is 1. The summed E-state index contributed by atoms with van der Waals surface area (Å²) in [6.45, 7) is 10.0. The van der Waals surface area contributed by atoms with E-state index in [4.69, 9.17) is 19.2 Å². The fraction of sp³-hybridized carbons (Fsp3) is 0.667. The Bertz CT molecular complexity index is 590. The second-order valence-corrected chi connectivity index (χ2v) is 7.37. The van der Waals surface area contributed by atoms with E-state index in [1.807, 2.05) is 12.1 Å². The molecular weight excluding hydrogens is 342 g/mol. The van der Waals surface area contributed by atoms with Crippen LogP contribution in [0.1, 0.15) is 51.6 Å². The van der Waals surface area contributed by atoms with Crippen molar-refractivity contribution >= 4 is 5.96 Å². The summed E-state index contributed by atoms with van der Waals surface area (Å²) in [6, 6.07) is 8.43. The second-order valence-electron chi connectivity index (χ2n) is 7.37. The summed E-state index contributed by atoms with van der Waals surface area (Å²) in [5.41, 5.74) is 0.983. The van der Waals surface area contributed by atoms with Crippen LogP contribution in [0, 0.1) is 0 Å². The van der Waals surface area contributed by atoms with Crippen LogP contribution in [-0.4, -0.2) is 51.6 Å². The number of nitrogens with one attached hydrogen (secondary N) is 2. The zero-order valence-electron chi connectivity index (χ0n) is 17.2. The Morgan fingerprint density at radius 3 is 2.81 bits per heavy atom. The van der Waals surface area contributed by atoms with Crippen LogP contribution in [0.25, 0.3) is 0 Å². The van der Waals surface area contributed by atoms with E-state index in [0.29, 0.717) is 13.2 Å². The van der Waals surface area contributed by atoms with Crippen molar-refractivity contribution < 1.29 is 14.2 Å². The Labute approximate surface area is 163 Å². The van der Waals surface area contributed by atoms with Gasteiger partial charge >= 0.3 is 0 Å². The second kappa shape index (κ2) is 11.1. The largest absolute Gasteiger partial charge is 0.487 e. The van der Waals surface area contributed by atoms with E-state index in [9.17, 15) is 0 Å². The van der Waals surface area contributed by atoms with Crippen molar-refractivity contribution in [2.45, 2.75) is 51.7 Å². The molecule has 6 heteroatoms. The molecule has 0 aliphatic carbocycles. The minimum absolute atomic E-state index is 0.181. The first-order chi connectivity index (χ1) is 13.1. The summed E-state index contributed by atoms with van der Waals surface area (Å²) < 4.78 is 16.6. The van der Waals surface area contributed by atoms with Gasteiger partial charge in [0.15, 0.2) is 5.96 Å². The van der Waals surface area contributed by atoms with Gasteiger partial charge in [-0.15, -0.1) is 0 Å². The van der Waals surface area contributed by atoms with Crippen LogP contribution in [0.3, 0.4) is 0 Å². The van der Waals surface area contributed by atoms with E-state index in [2.05, 4.69) is 43.5 Å². The molecule has 1 aliphatic rings. The predicted octanol–water partition coefficient (Wildman–Crippen LogP) is 3.29. The van der Waals surface area contributed by atoms with Crippen molar-refractivity contribution in [3.8, 4) is 5.75 Å². The van der Waals surface area contributed by atoms with Crippen LogP contribution in [0.5, 0.6) is 5.75 Å². The smallest absolute Gasteiger partial charge is 0.191 e. The Morgan fingerprint density at radius 1 is 1.22 bits per heavy atom. The maximum Gasteiger partial charge on any atom is 0.191 e. The number of unbranched alkanes of at least 4 members (excludes halogenated alkanes) is 1. The molecule has 0 saturated carbocycles. The molecule has 0 amide bonds. The molecule has 0 fully saturated rings. The van der Waals surface area contributed by atoms with E-state index in [0.717, 1.165) is 50.7 Å². The quantitative estimate of drug-likeness (QED) is 0.372. The molecule has 0 bridgehead atoms. The number of para-hydroxylation sites is 1. The standard InChI is InChI=1S/C21H35N3O3/c1-5-22-20(23-12-8-9-13-26-15-14-25-4)24-18-16-21(2,3)27-19-11-7-6-10-17(18)19/h6-7,10-11,18H,5,8-9,12-16H2,1-4H3,(H2,22,23,24). The van der Waals surface area contributed by atoms with E-state index >= 15 is 0 Å². The summed E-state index contributed by atoms with van der Waals surface area (Å²) >= 11 is 0. The molecule has 1 heterocycles. The molecule has 152 valence electrons. The van der Waals surface area contributed by atoms with Crippen molar-refractivity contribution in [3.63, 3.8) is 0 Å². The van der Waals surface area contributed by atoms with Crippen molar-refractivity contribution in [2.24, 2.45) is 4.99 Å². The van der Waals surface area contributed by atoms with Gasteiger partial charge in [-0.05, 0) is 39.7 Å². The number of benzene rings is 1. The van der Waals surface area contributed by atoms with Gasteiger partial charge in [-0.25, -0.2) is 0 Å². The molecule has 1 unspecified atom stereocenters. The average molecular weight is 378 g/mol. The third-order valence-electron chi connectivity index (χ3n) is 4.43. The van der Waals surface area contributed by atoms with Crippen LogP contribution in [0.15, 0.2) is 29.3 Å². The predicted molar refractivity (Wildman–Crippen MR) is 110 cm³/mol. The van der Waals surface area contributed by atoms with Crippen molar-refractivity contribution in [1.82, 2.24) is 10.6 Å². The number of rotatable bonds is 10. The first-order valence-electron chi connectivity index (χ1n) is 9.95. The summed E-state index contributed by atoms with van der Waals surface area (Å²) in [7, 11) is 1.69. The molecule has 27 heavy (non-hydrogen) atoms. The maximum atomic E-state index is 6.12. The summed E-state index contributed by atoms with van der Waals surface area (Å²) in [4.78, 5) is 4.74. The first kappa shape index (κ1) is 21.5. The highest BCUT2D eigenvalue weighted by Crippen LogP contribution is 2.39. The normalized spacial score (nSPS) is 18.5. The van der Waals surface area contributed by atoms with Crippen LogP contribution < -0.4 is 15.4 Å². The highest BCUT2D eigenvalue weighted by molar-refractivity contribution is 5.80. The van der Waals surface area contributed by atoms with E-state index in [1.54, 1.807) is 7.11 Å². The van der Waals surface area contributed by atoms with Crippen molar-refractivity contribution in [2.75, 3.05) is 40.0 Å². The first-order valence-corrected chi connectivity index (χ1v) is 9.95. The lowest BCUT2D eigenvalue weighted by molar-refractivity contribution is 0.0688. The number of hydrogen-bond acceptors (Lipinski definition) is 4. The Balaban J connectivity index is 1.89. The molecule has 2 rings (SSSR count). The number of methoxy groups -OCH3 is 1. The number of guanidine groups is 1. The summed E-state index contributed by atoms with van der Waals surface area (Å²) in [5.74, 6) is 1.81. The number of nitrogens with zero attached hydrogens (tertiary/aromatic N) is 1. The lowest BCUT2D eigenvalue weighted by Crippen LogP contribution is -2.45. The average Bonchev–Trinajstić information content (AvgIpc) is 2.63. The third kappa shape index (κ3) is 7.39. The van der Waals surface area contributed by atoms with Gasteiger partial charge in [-0.1, -0.05) is 18.2 Å². The SMILES string of the molecule is CCNC(=NCCCCOCCOC)NC1CC(C)(C)Oc2ccccc21. The zero-order valence-corrected chi connectivity index (χ0v) is 17.2. The molecule has 1 aliphatic heterocycles. The molecule has 0 saturated heterocycles. The van der Waals surface area contributed by atoms with Gasteiger partial charge < -0.3 is 24.8 Å². The maximum absolute atomic E-state index is 6.12. The van der Waals surface area contributed by atoms with Crippen molar-refractivity contribution in [3.05, 3.63) is 29.8 Å². The molecule has 2 N–H and O–H groups in total. The fourth-order valence-electron chi connectivity index (χ4n) is 3.17. The zero-order chi connectivity index (χ0) is 19.5. The number of hydrogen-bond donors (Lipinski definition) is 2. The minimum atomic E-state index is -0.205. The molecule has 1 atom stereocenters. The molecular formula is C21H35N3O3. The Kier molecular flexibility index (Phi) is 8.88. The van der Waals surface area contributed by atoms with E-state index < -0.39 is 0 Å². The van der Waals surface area contributed by atoms with Gasteiger partial charge in [0.25, 0.3) is 0 Å². The van der Waals surface area contributed by atoms with Gasteiger partial charge in [-0.3, -0.25) is 4.99 Å². The van der Waals surface area contributed by atoms with Crippen LogP contribution in [-0.2, 0) is 9.47 Å². The highest BCUT2D eigenvalue weighted by Gasteiger charge is 2.33. The number of fused-ring (bicyclic) bond motifs is 1. The lowest BCUT2D eigenvalue weighted by atomic mass is 9.90. The summed E-state index contributed by atoms with van der Waals surface area (Å²) in [5, 5.41) is 6.96. The lowest BCUT2D eigenvalue weighted by Gasteiger charge is -2.38. The Hall–Kier alpha value is -1.79.